The predicted octanol–water partition coefficient (Wildman–Crippen LogP) is 2.87. The van der Waals surface area contributed by atoms with E-state index in [0.29, 0.717) is 12.3 Å². The SMILES string of the molecule is COc1cccc(C2SCC(=O)N2Cc2ccc(S(C)(=O)=O)cc2)c1. The second-order valence-corrected chi connectivity index (χ2v) is 8.96. The van der Waals surface area contributed by atoms with Crippen molar-refractivity contribution in [3.63, 3.8) is 0 Å². The molecule has 0 radical (unpaired) electrons. The number of methoxy groups -OCH3 is 1. The van der Waals surface area contributed by atoms with Gasteiger partial charge in [0.2, 0.25) is 5.91 Å². The molecule has 1 atom stereocenters. The summed E-state index contributed by atoms with van der Waals surface area (Å²) in [5.41, 5.74) is 1.92. The quantitative estimate of drug-likeness (QED) is 0.802. The number of hydrogen-bond acceptors (Lipinski definition) is 5. The van der Waals surface area contributed by atoms with Crippen molar-refractivity contribution >= 4 is 27.5 Å². The van der Waals surface area contributed by atoms with E-state index >= 15 is 0 Å². The van der Waals surface area contributed by atoms with Crippen LogP contribution in [-0.4, -0.2) is 38.3 Å². The first-order valence-electron chi connectivity index (χ1n) is 7.72. The smallest absolute Gasteiger partial charge is 0.234 e. The van der Waals surface area contributed by atoms with Crippen molar-refractivity contribution in [2.24, 2.45) is 0 Å². The molecule has 1 heterocycles. The Balaban J connectivity index is 1.83. The van der Waals surface area contributed by atoms with Gasteiger partial charge in [0.15, 0.2) is 9.84 Å². The molecule has 0 aromatic heterocycles. The van der Waals surface area contributed by atoms with E-state index in [2.05, 4.69) is 0 Å². The highest BCUT2D eigenvalue weighted by Crippen LogP contribution is 2.40. The average Bonchev–Trinajstić information content (AvgIpc) is 2.95. The number of hydrogen-bond donors (Lipinski definition) is 0. The number of carbonyl (C=O) groups excluding carboxylic acids is 1. The Labute approximate surface area is 151 Å². The third kappa shape index (κ3) is 3.99. The molecule has 1 aliphatic rings. The van der Waals surface area contributed by atoms with Crippen molar-refractivity contribution in [1.82, 2.24) is 4.90 Å². The van der Waals surface area contributed by atoms with Gasteiger partial charge in [0.25, 0.3) is 0 Å². The topological polar surface area (TPSA) is 63.7 Å². The van der Waals surface area contributed by atoms with Gasteiger partial charge in [0, 0.05) is 12.8 Å². The van der Waals surface area contributed by atoms with E-state index in [4.69, 9.17) is 4.74 Å². The van der Waals surface area contributed by atoms with E-state index in [1.165, 1.54) is 6.26 Å². The van der Waals surface area contributed by atoms with Crippen LogP contribution < -0.4 is 4.74 Å². The zero-order valence-corrected chi connectivity index (χ0v) is 15.6. The summed E-state index contributed by atoms with van der Waals surface area (Å²) >= 11 is 1.58. The van der Waals surface area contributed by atoms with Crippen molar-refractivity contribution in [3.8, 4) is 5.75 Å². The molecule has 0 saturated carbocycles. The lowest BCUT2D eigenvalue weighted by Gasteiger charge is -2.24. The first-order chi connectivity index (χ1) is 11.9. The molecule has 1 fully saturated rings. The number of benzene rings is 2. The van der Waals surface area contributed by atoms with Crippen molar-refractivity contribution in [2.45, 2.75) is 16.8 Å². The van der Waals surface area contributed by atoms with Crippen LogP contribution in [0.5, 0.6) is 5.75 Å². The Morgan fingerprint density at radius 2 is 1.92 bits per heavy atom. The van der Waals surface area contributed by atoms with E-state index in [9.17, 15) is 13.2 Å². The minimum absolute atomic E-state index is 0.0721. The largest absolute Gasteiger partial charge is 0.497 e. The van der Waals surface area contributed by atoms with Crippen LogP contribution >= 0.6 is 11.8 Å². The second kappa shape index (κ2) is 7.09. The zero-order chi connectivity index (χ0) is 18.0. The van der Waals surface area contributed by atoms with Crippen LogP contribution in [0.3, 0.4) is 0 Å². The highest BCUT2D eigenvalue weighted by molar-refractivity contribution is 8.00. The highest BCUT2D eigenvalue weighted by Gasteiger charge is 2.32. The molecule has 7 heteroatoms. The number of sulfone groups is 1. The molecule has 132 valence electrons. The lowest BCUT2D eigenvalue weighted by Crippen LogP contribution is -2.27. The molecule has 0 aliphatic carbocycles. The number of nitrogens with zero attached hydrogens (tertiary/aromatic N) is 1. The molecule has 2 aromatic rings. The Hall–Kier alpha value is -1.99. The van der Waals surface area contributed by atoms with Crippen LogP contribution in [0.1, 0.15) is 16.5 Å². The maximum absolute atomic E-state index is 12.3. The molecule has 1 amide bonds. The molecule has 1 unspecified atom stereocenters. The summed E-state index contributed by atoms with van der Waals surface area (Å²) in [6.45, 7) is 0.442. The van der Waals surface area contributed by atoms with Gasteiger partial charge in [-0.05, 0) is 35.4 Å². The average molecular weight is 377 g/mol. The minimum atomic E-state index is -3.22. The van der Waals surface area contributed by atoms with Crippen LogP contribution in [0.25, 0.3) is 0 Å². The Bertz CT molecular complexity index is 878. The number of carbonyl (C=O) groups is 1. The Kier molecular flexibility index (Phi) is 5.06. The minimum Gasteiger partial charge on any atom is -0.497 e. The van der Waals surface area contributed by atoms with Gasteiger partial charge in [-0.15, -0.1) is 11.8 Å². The van der Waals surface area contributed by atoms with E-state index in [0.717, 1.165) is 16.9 Å². The van der Waals surface area contributed by atoms with Crippen molar-refractivity contribution in [2.75, 3.05) is 19.1 Å². The van der Waals surface area contributed by atoms with Crippen LogP contribution in [0.4, 0.5) is 0 Å². The number of thioether (sulfide) groups is 1. The number of amides is 1. The molecule has 25 heavy (non-hydrogen) atoms. The van der Waals surface area contributed by atoms with E-state index in [1.54, 1.807) is 43.1 Å². The maximum Gasteiger partial charge on any atom is 0.234 e. The van der Waals surface area contributed by atoms with Gasteiger partial charge in [-0.25, -0.2) is 8.42 Å². The van der Waals surface area contributed by atoms with Crippen molar-refractivity contribution < 1.29 is 17.9 Å². The molecule has 0 bridgehead atoms. The fourth-order valence-corrected chi connectivity index (χ4v) is 4.54. The summed E-state index contributed by atoms with van der Waals surface area (Å²) in [5.74, 6) is 1.27. The molecule has 1 saturated heterocycles. The molecular weight excluding hydrogens is 358 g/mol. The van der Waals surface area contributed by atoms with Crippen LogP contribution in [0.15, 0.2) is 53.4 Å². The van der Waals surface area contributed by atoms with Gasteiger partial charge in [-0.3, -0.25) is 4.79 Å². The van der Waals surface area contributed by atoms with E-state index in [1.807, 2.05) is 29.2 Å². The standard InChI is InChI=1S/C18H19NO4S2/c1-23-15-5-3-4-14(10-15)18-19(17(20)12-24-18)11-13-6-8-16(9-7-13)25(2,21)22/h3-10,18H,11-12H2,1-2H3. The van der Waals surface area contributed by atoms with Crippen LogP contribution in [0.2, 0.25) is 0 Å². The first kappa shape index (κ1) is 17.8. The summed E-state index contributed by atoms with van der Waals surface area (Å²) in [6, 6.07) is 14.4. The van der Waals surface area contributed by atoms with E-state index in [-0.39, 0.29) is 16.2 Å². The molecule has 5 nitrogen and oxygen atoms in total. The molecular formula is C18H19NO4S2. The van der Waals surface area contributed by atoms with Gasteiger partial charge < -0.3 is 9.64 Å². The van der Waals surface area contributed by atoms with Gasteiger partial charge in [-0.2, -0.15) is 0 Å². The third-order valence-corrected chi connectivity index (χ3v) is 6.44. The molecule has 0 spiro atoms. The summed E-state index contributed by atoms with van der Waals surface area (Å²) in [6.07, 6.45) is 1.18. The fourth-order valence-electron chi connectivity index (χ4n) is 2.74. The maximum atomic E-state index is 12.3. The normalized spacial score (nSPS) is 17.8. The molecule has 1 aliphatic heterocycles. The lowest BCUT2D eigenvalue weighted by molar-refractivity contribution is -0.128. The Morgan fingerprint density at radius 3 is 2.56 bits per heavy atom. The summed E-state index contributed by atoms with van der Waals surface area (Å²) in [4.78, 5) is 14.4. The number of rotatable bonds is 5. The summed E-state index contributed by atoms with van der Waals surface area (Å²) in [5, 5.41) is -0.0721. The van der Waals surface area contributed by atoms with Crippen LogP contribution in [0, 0.1) is 0 Å². The summed E-state index contributed by atoms with van der Waals surface area (Å²) < 4.78 is 28.4. The zero-order valence-electron chi connectivity index (χ0n) is 14.0. The molecule has 3 rings (SSSR count). The second-order valence-electron chi connectivity index (χ2n) is 5.88. The summed E-state index contributed by atoms with van der Waals surface area (Å²) in [7, 11) is -1.60. The molecule has 0 N–H and O–H groups in total. The van der Waals surface area contributed by atoms with Crippen molar-refractivity contribution in [3.05, 3.63) is 59.7 Å². The fraction of sp³-hybridized carbons (Fsp3) is 0.278. The monoisotopic (exact) mass is 377 g/mol. The van der Waals surface area contributed by atoms with Gasteiger partial charge in [-0.1, -0.05) is 24.3 Å². The van der Waals surface area contributed by atoms with Gasteiger partial charge >= 0.3 is 0 Å². The predicted molar refractivity (Wildman–Crippen MR) is 98.3 cm³/mol. The van der Waals surface area contributed by atoms with E-state index < -0.39 is 9.84 Å². The van der Waals surface area contributed by atoms with Gasteiger partial charge in [0.05, 0.1) is 17.8 Å². The molecule has 2 aromatic carbocycles. The Morgan fingerprint density at radius 1 is 1.20 bits per heavy atom. The lowest BCUT2D eigenvalue weighted by atomic mass is 10.1. The van der Waals surface area contributed by atoms with Gasteiger partial charge in [0.1, 0.15) is 11.1 Å². The van der Waals surface area contributed by atoms with Crippen LogP contribution in [-0.2, 0) is 21.2 Å². The van der Waals surface area contributed by atoms with Crippen molar-refractivity contribution in [1.29, 1.82) is 0 Å². The first-order valence-corrected chi connectivity index (χ1v) is 10.7. The third-order valence-electron chi connectivity index (χ3n) is 4.05. The highest BCUT2D eigenvalue weighted by atomic mass is 32.2. The number of ether oxygens (including phenoxy) is 1.